The molecule has 1 amide bonds. The molecule has 0 fully saturated rings. The SMILES string of the molecule is CC[C@@H](C(=O)O[C@H](C)C(=O)Nc1cccc([N+](=O)[O-])c1)c1ccccc1. The van der Waals surface area contributed by atoms with Crippen LogP contribution >= 0.6 is 0 Å². The van der Waals surface area contributed by atoms with Gasteiger partial charge in [-0.05, 0) is 25.0 Å². The van der Waals surface area contributed by atoms with Crippen LogP contribution in [0, 0.1) is 10.1 Å². The number of amides is 1. The molecule has 2 aromatic rings. The molecule has 2 aromatic carbocycles. The van der Waals surface area contributed by atoms with Crippen LogP contribution < -0.4 is 5.32 Å². The molecule has 0 aromatic heterocycles. The summed E-state index contributed by atoms with van der Waals surface area (Å²) in [6, 6.07) is 14.8. The molecule has 2 atom stereocenters. The van der Waals surface area contributed by atoms with E-state index in [1.165, 1.54) is 31.2 Å². The third-order valence-corrected chi connectivity index (χ3v) is 3.88. The topological polar surface area (TPSA) is 98.5 Å². The number of hydrogen-bond acceptors (Lipinski definition) is 5. The summed E-state index contributed by atoms with van der Waals surface area (Å²) in [5.74, 6) is -1.49. The number of nitrogens with one attached hydrogen (secondary N) is 1. The van der Waals surface area contributed by atoms with E-state index in [2.05, 4.69) is 5.32 Å². The predicted octanol–water partition coefficient (Wildman–Crippen LogP) is 3.66. The third kappa shape index (κ3) is 4.89. The number of carbonyl (C=O) groups excluding carboxylic acids is 2. The van der Waals surface area contributed by atoms with Crippen LogP contribution in [-0.2, 0) is 14.3 Å². The molecule has 2 rings (SSSR count). The molecule has 0 spiro atoms. The summed E-state index contributed by atoms with van der Waals surface area (Å²) in [4.78, 5) is 34.8. The minimum absolute atomic E-state index is 0.137. The van der Waals surface area contributed by atoms with Crippen molar-refractivity contribution in [3.05, 3.63) is 70.3 Å². The van der Waals surface area contributed by atoms with Gasteiger partial charge in [0.15, 0.2) is 6.10 Å². The first-order chi connectivity index (χ1) is 12.4. The molecule has 0 heterocycles. The summed E-state index contributed by atoms with van der Waals surface area (Å²) < 4.78 is 5.28. The van der Waals surface area contributed by atoms with E-state index in [1.807, 2.05) is 37.3 Å². The molecule has 1 N–H and O–H groups in total. The molecule has 7 nitrogen and oxygen atoms in total. The molecule has 0 aliphatic rings. The number of hydrogen-bond donors (Lipinski definition) is 1. The molecule has 0 saturated heterocycles. The van der Waals surface area contributed by atoms with Crippen molar-refractivity contribution in [2.75, 3.05) is 5.32 Å². The number of nitro benzene ring substituents is 1. The lowest BCUT2D eigenvalue weighted by Gasteiger charge is -2.18. The van der Waals surface area contributed by atoms with Crippen LogP contribution in [0.3, 0.4) is 0 Å². The van der Waals surface area contributed by atoms with Gasteiger partial charge in [0, 0.05) is 17.8 Å². The maximum atomic E-state index is 12.4. The first-order valence-corrected chi connectivity index (χ1v) is 8.23. The second-order valence-electron chi connectivity index (χ2n) is 5.75. The Kier molecular flexibility index (Phi) is 6.43. The van der Waals surface area contributed by atoms with Crippen molar-refractivity contribution in [2.45, 2.75) is 32.3 Å². The summed E-state index contributed by atoms with van der Waals surface area (Å²) in [7, 11) is 0. The Hall–Kier alpha value is -3.22. The van der Waals surface area contributed by atoms with Crippen LogP contribution in [0.5, 0.6) is 0 Å². The molecule has 0 bridgehead atoms. The quantitative estimate of drug-likeness (QED) is 0.464. The highest BCUT2D eigenvalue weighted by atomic mass is 16.6. The zero-order valence-corrected chi connectivity index (χ0v) is 14.5. The summed E-state index contributed by atoms with van der Waals surface area (Å²) in [6.07, 6.45) is -0.485. The first kappa shape index (κ1) is 19.1. The fourth-order valence-corrected chi connectivity index (χ4v) is 2.47. The monoisotopic (exact) mass is 356 g/mol. The fraction of sp³-hybridized carbons (Fsp3) is 0.263. The van der Waals surface area contributed by atoms with Crippen molar-refractivity contribution in [1.29, 1.82) is 0 Å². The molecule has 136 valence electrons. The van der Waals surface area contributed by atoms with E-state index >= 15 is 0 Å². The van der Waals surface area contributed by atoms with Gasteiger partial charge in [-0.25, -0.2) is 0 Å². The smallest absolute Gasteiger partial charge is 0.314 e. The van der Waals surface area contributed by atoms with E-state index in [-0.39, 0.29) is 11.4 Å². The Morgan fingerprint density at radius 2 is 1.85 bits per heavy atom. The maximum absolute atomic E-state index is 12.4. The normalized spacial score (nSPS) is 12.7. The molecular formula is C19H20N2O5. The van der Waals surface area contributed by atoms with Gasteiger partial charge in [-0.1, -0.05) is 43.3 Å². The number of carbonyl (C=O) groups is 2. The number of nitrogens with zero attached hydrogens (tertiary/aromatic N) is 1. The van der Waals surface area contributed by atoms with Gasteiger partial charge in [-0.3, -0.25) is 19.7 Å². The van der Waals surface area contributed by atoms with Crippen molar-refractivity contribution in [2.24, 2.45) is 0 Å². The van der Waals surface area contributed by atoms with Crippen LogP contribution in [0.2, 0.25) is 0 Å². The van der Waals surface area contributed by atoms with E-state index in [0.717, 1.165) is 5.56 Å². The fourth-order valence-electron chi connectivity index (χ4n) is 2.47. The molecule has 0 aliphatic carbocycles. The van der Waals surface area contributed by atoms with Crippen LogP contribution in [0.25, 0.3) is 0 Å². The van der Waals surface area contributed by atoms with Crippen molar-refractivity contribution >= 4 is 23.3 Å². The Balaban J connectivity index is 2.01. The Morgan fingerprint density at radius 3 is 2.46 bits per heavy atom. The van der Waals surface area contributed by atoms with E-state index in [9.17, 15) is 19.7 Å². The second-order valence-corrected chi connectivity index (χ2v) is 5.75. The summed E-state index contributed by atoms with van der Waals surface area (Å²) in [5.41, 5.74) is 0.955. The summed E-state index contributed by atoms with van der Waals surface area (Å²) >= 11 is 0. The largest absolute Gasteiger partial charge is 0.452 e. The lowest BCUT2D eigenvalue weighted by atomic mass is 9.97. The van der Waals surface area contributed by atoms with Gasteiger partial charge in [-0.15, -0.1) is 0 Å². The number of ether oxygens (including phenoxy) is 1. The minimum atomic E-state index is -1.03. The van der Waals surface area contributed by atoms with E-state index in [0.29, 0.717) is 6.42 Å². The van der Waals surface area contributed by atoms with Gasteiger partial charge >= 0.3 is 5.97 Å². The van der Waals surface area contributed by atoms with Crippen LogP contribution in [0.15, 0.2) is 54.6 Å². The van der Waals surface area contributed by atoms with E-state index in [1.54, 1.807) is 0 Å². The zero-order valence-electron chi connectivity index (χ0n) is 14.5. The minimum Gasteiger partial charge on any atom is -0.452 e. The lowest BCUT2D eigenvalue weighted by molar-refractivity contribution is -0.384. The number of rotatable bonds is 7. The van der Waals surface area contributed by atoms with Crippen LogP contribution in [0.1, 0.15) is 31.7 Å². The van der Waals surface area contributed by atoms with Crippen molar-refractivity contribution in [3.63, 3.8) is 0 Å². The van der Waals surface area contributed by atoms with Crippen molar-refractivity contribution in [3.8, 4) is 0 Å². The second kappa shape index (κ2) is 8.75. The highest BCUT2D eigenvalue weighted by molar-refractivity contribution is 5.95. The van der Waals surface area contributed by atoms with E-state index < -0.39 is 28.8 Å². The number of nitro groups is 1. The van der Waals surface area contributed by atoms with Gasteiger partial charge in [0.25, 0.3) is 11.6 Å². The average molecular weight is 356 g/mol. The van der Waals surface area contributed by atoms with Crippen molar-refractivity contribution < 1.29 is 19.2 Å². The summed E-state index contributed by atoms with van der Waals surface area (Å²) in [6.45, 7) is 3.33. The zero-order chi connectivity index (χ0) is 19.1. The molecule has 0 unspecified atom stereocenters. The van der Waals surface area contributed by atoms with Gasteiger partial charge in [-0.2, -0.15) is 0 Å². The van der Waals surface area contributed by atoms with Gasteiger partial charge < -0.3 is 10.1 Å². The molecular weight excluding hydrogens is 336 g/mol. The van der Waals surface area contributed by atoms with Crippen molar-refractivity contribution in [1.82, 2.24) is 0 Å². The molecule has 0 aliphatic heterocycles. The van der Waals surface area contributed by atoms with Gasteiger partial charge in [0.2, 0.25) is 0 Å². The average Bonchev–Trinajstić information content (AvgIpc) is 2.63. The van der Waals surface area contributed by atoms with Gasteiger partial charge in [0.1, 0.15) is 0 Å². The highest BCUT2D eigenvalue weighted by Gasteiger charge is 2.25. The number of non-ortho nitro benzene ring substituents is 1. The Bertz CT molecular complexity index is 792. The predicted molar refractivity (Wildman–Crippen MR) is 96.8 cm³/mol. The highest BCUT2D eigenvalue weighted by Crippen LogP contribution is 2.22. The standard InChI is InChI=1S/C19H20N2O5/c1-3-17(14-8-5-4-6-9-14)19(23)26-13(2)18(22)20-15-10-7-11-16(12-15)21(24)25/h4-13,17H,3H2,1-2H3,(H,20,22)/t13-,17-/m1/s1. The van der Waals surface area contributed by atoms with Crippen LogP contribution in [-0.4, -0.2) is 22.9 Å². The lowest BCUT2D eigenvalue weighted by Crippen LogP contribution is -2.31. The Labute approximate surface area is 151 Å². The Morgan fingerprint density at radius 1 is 1.15 bits per heavy atom. The summed E-state index contributed by atoms with van der Waals surface area (Å²) in [5, 5.41) is 13.3. The van der Waals surface area contributed by atoms with Gasteiger partial charge in [0.05, 0.1) is 10.8 Å². The van der Waals surface area contributed by atoms with Crippen LogP contribution in [0.4, 0.5) is 11.4 Å². The number of anilines is 1. The first-order valence-electron chi connectivity index (χ1n) is 8.23. The molecule has 0 radical (unpaired) electrons. The molecule has 0 saturated carbocycles. The third-order valence-electron chi connectivity index (χ3n) is 3.88. The number of esters is 1. The maximum Gasteiger partial charge on any atom is 0.314 e. The van der Waals surface area contributed by atoms with E-state index in [4.69, 9.17) is 4.74 Å². The molecule has 7 heteroatoms. The number of benzene rings is 2. The molecule has 26 heavy (non-hydrogen) atoms.